The number of hydrogen-bond donors (Lipinski definition) is 0. The molecule has 2 aromatic heterocycles. The minimum atomic E-state index is -0.123. The van der Waals surface area contributed by atoms with Gasteiger partial charge in [0.05, 0.1) is 27.9 Å². The van der Waals surface area contributed by atoms with Crippen LogP contribution in [0, 0.1) is 0 Å². The highest BCUT2D eigenvalue weighted by Gasteiger charge is 2.41. The lowest BCUT2D eigenvalue weighted by Crippen LogP contribution is -2.15. The molecule has 0 radical (unpaired) electrons. The number of hydrogen-bond acceptors (Lipinski definition) is 2. The van der Waals surface area contributed by atoms with Crippen molar-refractivity contribution in [2.75, 3.05) is 9.80 Å². The third kappa shape index (κ3) is 10.8. The zero-order chi connectivity index (χ0) is 84.4. The molecule has 0 N–H and O–H groups in total. The van der Waals surface area contributed by atoms with E-state index >= 15 is 0 Å². The van der Waals surface area contributed by atoms with Crippen molar-refractivity contribution in [3.8, 4) is 89.3 Å². The van der Waals surface area contributed by atoms with E-state index in [0.29, 0.717) is 0 Å². The van der Waals surface area contributed by atoms with Crippen LogP contribution in [0.25, 0.3) is 155 Å². The Morgan fingerprint density at radius 3 is 0.865 bits per heavy atom. The molecule has 20 aromatic rings. The quantitative estimate of drug-likeness (QED) is 0.0895. The molecular formula is C122H92N4. The minimum Gasteiger partial charge on any atom is -0.313 e. The summed E-state index contributed by atoms with van der Waals surface area (Å²) < 4.78 is 5.07. The molecule has 0 bridgehead atoms. The van der Waals surface area contributed by atoms with E-state index in [1.165, 1.54) is 166 Å². The van der Waals surface area contributed by atoms with Crippen molar-refractivity contribution >= 4 is 100 Å². The third-order valence-corrected chi connectivity index (χ3v) is 29.6. The van der Waals surface area contributed by atoms with Gasteiger partial charge in [-0.15, -0.1) is 0 Å². The number of allylic oxidation sites excluding steroid dienone is 1. The molecule has 0 unspecified atom stereocenters. The first-order valence-electron chi connectivity index (χ1n) is 44.8. The molecule has 0 spiro atoms. The summed E-state index contributed by atoms with van der Waals surface area (Å²) in [6.07, 6.45) is 4.36. The van der Waals surface area contributed by atoms with Gasteiger partial charge in [-0.3, -0.25) is 0 Å². The Labute approximate surface area is 736 Å². The van der Waals surface area contributed by atoms with Gasteiger partial charge in [-0.05, 0) is 286 Å². The molecule has 0 saturated carbocycles. The second kappa shape index (κ2) is 27.3. The Kier molecular flexibility index (Phi) is 16.0. The lowest BCUT2D eigenvalue weighted by Gasteiger charge is -2.33. The van der Waals surface area contributed by atoms with Gasteiger partial charge < -0.3 is 18.9 Å². The highest BCUT2D eigenvalue weighted by atomic mass is 15.2. The van der Waals surface area contributed by atoms with Gasteiger partial charge in [-0.25, -0.2) is 0 Å². The number of aromatic nitrogens is 2. The Morgan fingerprint density at radius 1 is 0.214 bits per heavy atom. The number of rotatable bonds is 12. The minimum absolute atomic E-state index is 0.100. The van der Waals surface area contributed by atoms with Gasteiger partial charge in [0.25, 0.3) is 0 Å². The van der Waals surface area contributed by atoms with Crippen LogP contribution in [0.3, 0.4) is 0 Å². The van der Waals surface area contributed by atoms with Crippen LogP contribution in [0.1, 0.15) is 123 Å². The molecule has 126 heavy (non-hydrogen) atoms. The summed E-state index contributed by atoms with van der Waals surface area (Å²) in [5, 5.41) is 8.25. The first-order chi connectivity index (χ1) is 61.5. The Morgan fingerprint density at radius 2 is 0.492 bits per heavy atom. The topological polar surface area (TPSA) is 16.3 Å². The molecule has 0 aliphatic heterocycles. The number of nitrogens with zero attached hydrogens (tertiary/aromatic N) is 4. The molecule has 4 nitrogen and oxygen atoms in total. The van der Waals surface area contributed by atoms with Crippen LogP contribution in [-0.2, 0) is 28.1 Å². The molecule has 5 aliphatic rings. The predicted octanol–water partition coefficient (Wildman–Crippen LogP) is 32.7. The van der Waals surface area contributed by atoms with Crippen LogP contribution in [0.15, 0.2) is 382 Å². The maximum absolute atomic E-state index is 2.58. The van der Waals surface area contributed by atoms with E-state index in [2.05, 4.69) is 463 Å². The summed E-state index contributed by atoms with van der Waals surface area (Å²) in [5.41, 5.74) is 46.3. The Bertz CT molecular complexity index is 7840. The van der Waals surface area contributed by atoms with Gasteiger partial charge in [0.2, 0.25) is 0 Å². The van der Waals surface area contributed by atoms with Crippen molar-refractivity contribution in [1.82, 2.24) is 9.13 Å². The van der Waals surface area contributed by atoms with E-state index in [4.69, 9.17) is 0 Å². The fraction of sp³-hybridized carbons (Fsp3) is 0.115. The van der Waals surface area contributed by atoms with Gasteiger partial charge in [-0.1, -0.05) is 304 Å². The SMILES string of the molecule is CC1(C)c2ccccc2-c2ccc(C3=Cc4c(n(-c5ccc(N(c6ccccc6)c6c7ccccc7c(N(c7ccccc7)c7ccc(-n8c9ccc(-c%10ccc%11c(c%10)C(C)(C)c%10ccccc%10-%11)cc9c9cc(-c%10ccc%11c(c%10)C(C)(C)c%10ccccc%10-%11)ccc98)cc7)c7ccccc67)cc5)c5ccc(-c6ccc7c(c6)C(C)(C)c6ccccc6-7)cc45)CC3)cc21. The van der Waals surface area contributed by atoms with E-state index in [0.717, 1.165) is 90.9 Å². The fourth-order valence-corrected chi connectivity index (χ4v) is 23.2. The Balaban J connectivity index is 0.611. The third-order valence-electron chi connectivity index (χ3n) is 29.6. The summed E-state index contributed by atoms with van der Waals surface area (Å²) in [4.78, 5) is 5.00. The molecule has 5 aliphatic carbocycles. The molecule has 0 amide bonds. The maximum Gasteiger partial charge on any atom is 0.0619 e. The number of benzene rings is 18. The molecule has 0 atom stereocenters. The van der Waals surface area contributed by atoms with Gasteiger partial charge in [0, 0.05) is 105 Å². The predicted molar refractivity (Wildman–Crippen MR) is 531 cm³/mol. The van der Waals surface area contributed by atoms with E-state index in [1.807, 2.05) is 0 Å². The van der Waals surface area contributed by atoms with E-state index < -0.39 is 0 Å². The number of para-hydroxylation sites is 2. The molecule has 4 heteroatoms. The Hall–Kier alpha value is -14.8. The van der Waals surface area contributed by atoms with Crippen LogP contribution >= 0.6 is 0 Å². The monoisotopic (exact) mass is 1610 g/mol. The zero-order valence-corrected chi connectivity index (χ0v) is 72.2. The second-order valence-electron chi connectivity index (χ2n) is 37.8. The molecule has 2 heterocycles. The second-order valence-corrected chi connectivity index (χ2v) is 37.8. The average molecular weight is 1610 g/mol. The van der Waals surface area contributed by atoms with Gasteiger partial charge in [-0.2, -0.15) is 0 Å². The van der Waals surface area contributed by atoms with Gasteiger partial charge >= 0.3 is 0 Å². The van der Waals surface area contributed by atoms with Crippen molar-refractivity contribution in [2.24, 2.45) is 0 Å². The summed E-state index contributed by atoms with van der Waals surface area (Å²) >= 11 is 0. The number of anilines is 6. The van der Waals surface area contributed by atoms with Crippen molar-refractivity contribution in [1.29, 1.82) is 0 Å². The van der Waals surface area contributed by atoms with Crippen LogP contribution in [0.2, 0.25) is 0 Å². The first kappa shape index (κ1) is 73.8. The highest BCUT2D eigenvalue weighted by molar-refractivity contribution is 6.24. The molecule has 0 fully saturated rings. The van der Waals surface area contributed by atoms with E-state index in [9.17, 15) is 0 Å². The normalized spacial score (nSPS) is 14.7. The molecular weight excluding hydrogens is 1520 g/mol. The fourth-order valence-electron chi connectivity index (χ4n) is 23.2. The average Bonchev–Trinajstić information content (AvgIpc) is 1.47. The molecule has 600 valence electrons. The lowest BCUT2D eigenvalue weighted by molar-refractivity contribution is 0.660. The van der Waals surface area contributed by atoms with Crippen LogP contribution in [0.4, 0.5) is 34.1 Å². The zero-order valence-electron chi connectivity index (χ0n) is 72.2. The number of fused-ring (bicyclic) bond motifs is 20. The van der Waals surface area contributed by atoms with Gasteiger partial charge in [0.1, 0.15) is 0 Å². The summed E-state index contributed by atoms with van der Waals surface area (Å²) in [7, 11) is 0. The highest BCUT2D eigenvalue weighted by Crippen LogP contribution is 2.58. The van der Waals surface area contributed by atoms with Crippen molar-refractivity contribution in [3.63, 3.8) is 0 Å². The summed E-state index contributed by atoms with van der Waals surface area (Å²) in [6.45, 7) is 19.1. The molecule has 0 saturated heterocycles. The standard InChI is InChI=1S/C122H92N4/c1-119(2)105-39-23-19-31-89(105)93-59-43-79(71-109(93)119)75-47-63-113-101(67-75)102-68-76(80-44-60-94-90-32-20-24-40-106(90)120(3,4)110(94)72-80)48-64-114(102)125(113)87-55-51-85(52-56-87)123(83-27-11-9-12-28-83)117-97-35-15-17-37-99(97)118(100-38-18-16-36-98(100)117)124(84-29-13-10-14-30-84)86-53-57-88(58-54-86)126-115-65-49-77(81-45-61-95-91-33-21-25-41-107(91)121(5,6)111(95)73-81)69-103(115)104-70-78(50-66-116(104)126)82-46-62-96-92-34-22-26-42-108(92)122(7,8)112(96)74-82/h9-49,51-65,67-74H,50,66H2,1-8H3. The summed E-state index contributed by atoms with van der Waals surface area (Å²) in [5.74, 6) is 0. The van der Waals surface area contributed by atoms with Crippen LogP contribution < -0.4 is 9.80 Å². The van der Waals surface area contributed by atoms with E-state index in [1.54, 1.807) is 0 Å². The van der Waals surface area contributed by atoms with Crippen molar-refractivity contribution in [2.45, 2.75) is 89.9 Å². The largest absolute Gasteiger partial charge is 0.313 e. The smallest absolute Gasteiger partial charge is 0.0619 e. The van der Waals surface area contributed by atoms with E-state index in [-0.39, 0.29) is 21.7 Å². The summed E-state index contributed by atoms with van der Waals surface area (Å²) in [6, 6.07) is 145. The van der Waals surface area contributed by atoms with Gasteiger partial charge in [0.15, 0.2) is 0 Å². The first-order valence-corrected chi connectivity index (χ1v) is 44.8. The maximum atomic E-state index is 2.58. The van der Waals surface area contributed by atoms with Crippen LogP contribution in [0.5, 0.6) is 0 Å². The van der Waals surface area contributed by atoms with Crippen molar-refractivity contribution < 1.29 is 0 Å². The van der Waals surface area contributed by atoms with Crippen molar-refractivity contribution in [3.05, 3.63) is 444 Å². The van der Waals surface area contributed by atoms with Crippen LogP contribution in [-0.4, -0.2) is 9.13 Å². The lowest BCUT2D eigenvalue weighted by atomic mass is 9.81. The molecule has 25 rings (SSSR count). The molecule has 18 aromatic carbocycles.